The molecule has 3 rings (SSSR count). The van der Waals surface area contributed by atoms with Crippen LogP contribution in [0.4, 0.5) is 10.5 Å². The molecule has 0 saturated carbocycles. The van der Waals surface area contributed by atoms with Crippen molar-refractivity contribution >= 4 is 17.7 Å². The number of likely N-dealkylation sites (tertiary alicyclic amines) is 1. The molecular weight excluding hydrogens is 306 g/mol. The molecule has 130 valence electrons. The van der Waals surface area contributed by atoms with E-state index in [4.69, 9.17) is 10.5 Å². The topological polar surface area (TPSA) is 84.7 Å². The van der Waals surface area contributed by atoms with Crippen LogP contribution in [0.1, 0.15) is 50.8 Å². The molecule has 2 atom stereocenters. The van der Waals surface area contributed by atoms with E-state index < -0.39 is 17.7 Å². The van der Waals surface area contributed by atoms with E-state index >= 15 is 0 Å². The van der Waals surface area contributed by atoms with E-state index in [9.17, 15) is 9.59 Å². The molecule has 6 heteroatoms. The van der Waals surface area contributed by atoms with E-state index in [1.165, 1.54) is 11.1 Å². The number of rotatable bonds is 2. The molecule has 24 heavy (non-hydrogen) atoms. The number of benzene rings is 1. The molecule has 1 aromatic carbocycles. The number of fused-ring (bicyclic) bond motifs is 1. The first-order chi connectivity index (χ1) is 11.2. The number of anilines is 1. The summed E-state index contributed by atoms with van der Waals surface area (Å²) in [6, 6.07) is 5.47. The van der Waals surface area contributed by atoms with Gasteiger partial charge in [0, 0.05) is 12.2 Å². The number of carbonyl (C=O) groups excluding carboxylic acids is 2. The first kappa shape index (κ1) is 16.6. The van der Waals surface area contributed by atoms with Crippen molar-refractivity contribution in [3.63, 3.8) is 0 Å². The SMILES string of the molecule is CC(C)(C)OC(=O)N[C@H]1CCN([C@@H]2CCc3cc(N)ccc32)C1=O. The van der Waals surface area contributed by atoms with Gasteiger partial charge in [0.05, 0.1) is 6.04 Å². The largest absolute Gasteiger partial charge is 0.444 e. The van der Waals surface area contributed by atoms with Crippen LogP contribution in [0.15, 0.2) is 18.2 Å². The maximum atomic E-state index is 12.7. The lowest BCUT2D eigenvalue weighted by atomic mass is 10.1. The molecule has 3 N–H and O–H groups in total. The van der Waals surface area contributed by atoms with Crippen LogP contribution in [0.2, 0.25) is 0 Å². The van der Waals surface area contributed by atoms with Gasteiger partial charge in [-0.2, -0.15) is 0 Å². The predicted molar refractivity (Wildman–Crippen MR) is 91.4 cm³/mol. The highest BCUT2D eigenvalue weighted by molar-refractivity contribution is 5.88. The van der Waals surface area contributed by atoms with Gasteiger partial charge in [0.1, 0.15) is 11.6 Å². The quantitative estimate of drug-likeness (QED) is 0.815. The third-order valence-corrected chi connectivity index (χ3v) is 4.52. The van der Waals surface area contributed by atoms with Crippen LogP contribution in [-0.2, 0) is 16.0 Å². The highest BCUT2D eigenvalue weighted by Crippen LogP contribution is 2.38. The second kappa shape index (κ2) is 6.00. The van der Waals surface area contributed by atoms with Gasteiger partial charge >= 0.3 is 6.09 Å². The zero-order valence-corrected chi connectivity index (χ0v) is 14.5. The minimum atomic E-state index is -0.574. The molecule has 1 aromatic rings. The minimum Gasteiger partial charge on any atom is -0.444 e. The fourth-order valence-corrected chi connectivity index (χ4v) is 3.53. The standard InChI is InChI=1S/C18H25N3O3/c1-18(2,3)24-17(23)20-14-8-9-21(16(14)22)15-7-4-11-10-12(19)5-6-13(11)15/h5-6,10,14-15H,4,7-9,19H2,1-3H3,(H,20,23)/t14-,15+/m0/s1. The van der Waals surface area contributed by atoms with Gasteiger partial charge in [0.25, 0.3) is 0 Å². The Kier molecular flexibility index (Phi) is 4.15. The first-order valence-corrected chi connectivity index (χ1v) is 8.43. The van der Waals surface area contributed by atoms with E-state index in [1.807, 2.05) is 23.1 Å². The molecule has 2 aliphatic rings. The fraction of sp³-hybridized carbons (Fsp3) is 0.556. The van der Waals surface area contributed by atoms with E-state index in [2.05, 4.69) is 5.32 Å². The highest BCUT2D eigenvalue weighted by Gasteiger charge is 2.40. The summed E-state index contributed by atoms with van der Waals surface area (Å²) in [7, 11) is 0. The number of nitrogen functional groups attached to an aromatic ring is 1. The first-order valence-electron chi connectivity index (χ1n) is 8.43. The van der Waals surface area contributed by atoms with Crippen molar-refractivity contribution in [2.75, 3.05) is 12.3 Å². The average molecular weight is 331 g/mol. The number of aryl methyl sites for hydroxylation is 1. The molecule has 1 aliphatic carbocycles. The Labute approximate surface area is 142 Å². The van der Waals surface area contributed by atoms with E-state index in [1.54, 1.807) is 20.8 Å². The average Bonchev–Trinajstić information content (AvgIpc) is 3.01. The molecule has 0 bridgehead atoms. The monoisotopic (exact) mass is 331 g/mol. The summed E-state index contributed by atoms with van der Waals surface area (Å²) >= 11 is 0. The molecule has 0 radical (unpaired) electrons. The van der Waals surface area contributed by atoms with Crippen LogP contribution in [0.3, 0.4) is 0 Å². The Morgan fingerprint density at radius 1 is 1.33 bits per heavy atom. The van der Waals surface area contributed by atoms with Crippen molar-refractivity contribution in [2.45, 2.75) is 57.7 Å². The number of nitrogens with one attached hydrogen (secondary N) is 1. The van der Waals surface area contributed by atoms with Gasteiger partial charge in [-0.05, 0) is 63.3 Å². The number of nitrogens with two attached hydrogens (primary N) is 1. The normalized spacial score (nSPS) is 23.3. The summed E-state index contributed by atoms with van der Waals surface area (Å²) in [4.78, 5) is 26.5. The van der Waals surface area contributed by atoms with Crippen molar-refractivity contribution in [1.29, 1.82) is 0 Å². The number of hydrogen-bond donors (Lipinski definition) is 2. The lowest BCUT2D eigenvalue weighted by Gasteiger charge is -2.26. The zero-order valence-electron chi connectivity index (χ0n) is 14.5. The molecule has 6 nitrogen and oxygen atoms in total. The Morgan fingerprint density at radius 3 is 2.79 bits per heavy atom. The van der Waals surface area contributed by atoms with Crippen LogP contribution >= 0.6 is 0 Å². The third kappa shape index (κ3) is 3.32. The lowest BCUT2D eigenvalue weighted by Crippen LogP contribution is -2.44. The highest BCUT2D eigenvalue weighted by atomic mass is 16.6. The van der Waals surface area contributed by atoms with Crippen molar-refractivity contribution in [2.24, 2.45) is 0 Å². The van der Waals surface area contributed by atoms with E-state index in [-0.39, 0.29) is 11.9 Å². The molecule has 1 fully saturated rings. The Balaban J connectivity index is 1.67. The van der Waals surface area contributed by atoms with E-state index in [0.717, 1.165) is 18.5 Å². The Bertz CT molecular complexity index is 666. The van der Waals surface area contributed by atoms with Gasteiger partial charge in [-0.15, -0.1) is 0 Å². The maximum absolute atomic E-state index is 12.7. The van der Waals surface area contributed by atoms with Crippen LogP contribution in [-0.4, -0.2) is 35.1 Å². The molecule has 1 saturated heterocycles. The summed E-state index contributed by atoms with van der Waals surface area (Å²) in [6.07, 6.45) is 1.91. The number of carbonyl (C=O) groups is 2. The summed E-state index contributed by atoms with van der Waals surface area (Å²) in [5, 5.41) is 2.70. The lowest BCUT2D eigenvalue weighted by molar-refractivity contribution is -0.131. The summed E-state index contributed by atoms with van der Waals surface area (Å²) in [5.74, 6) is -0.0319. The second-order valence-electron chi connectivity index (χ2n) is 7.53. The molecule has 0 spiro atoms. The molecule has 2 amide bonds. The van der Waals surface area contributed by atoms with Gasteiger partial charge < -0.3 is 20.7 Å². The smallest absolute Gasteiger partial charge is 0.408 e. The number of ether oxygens (including phenoxy) is 1. The number of hydrogen-bond acceptors (Lipinski definition) is 4. The zero-order chi connectivity index (χ0) is 17.5. The molecular formula is C18H25N3O3. The van der Waals surface area contributed by atoms with Crippen molar-refractivity contribution in [3.05, 3.63) is 29.3 Å². The number of alkyl carbamates (subject to hydrolysis) is 1. The van der Waals surface area contributed by atoms with Crippen LogP contribution in [0.25, 0.3) is 0 Å². The van der Waals surface area contributed by atoms with Crippen molar-refractivity contribution < 1.29 is 14.3 Å². The molecule has 0 unspecified atom stereocenters. The van der Waals surface area contributed by atoms with Gasteiger partial charge in [-0.3, -0.25) is 4.79 Å². The Morgan fingerprint density at radius 2 is 2.08 bits per heavy atom. The van der Waals surface area contributed by atoms with Crippen LogP contribution < -0.4 is 11.1 Å². The van der Waals surface area contributed by atoms with Crippen LogP contribution in [0, 0.1) is 0 Å². The minimum absolute atomic E-state index is 0.0319. The van der Waals surface area contributed by atoms with Crippen molar-refractivity contribution in [3.8, 4) is 0 Å². The third-order valence-electron chi connectivity index (χ3n) is 4.52. The summed E-state index contributed by atoms with van der Waals surface area (Å²) in [6.45, 7) is 6.05. The molecule has 1 heterocycles. The summed E-state index contributed by atoms with van der Waals surface area (Å²) < 4.78 is 5.24. The fourth-order valence-electron chi connectivity index (χ4n) is 3.53. The van der Waals surface area contributed by atoms with Crippen LogP contribution in [0.5, 0.6) is 0 Å². The predicted octanol–water partition coefficient (Wildman–Crippen LogP) is 2.38. The maximum Gasteiger partial charge on any atom is 0.408 e. The number of nitrogens with zero attached hydrogens (tertiary/aromatic N) is 1. The molecule has 0 aromatic heterocycles. The van der Waals surface area contributed by atoms with Gasteiger partial charge in [-0.25, -0.2) is 4.79 Å². The second-order valence-corrected chi connectivity index (χ2v) is 7.53. The summed E-state index contributed by atoms with van der Waals surface area (Å²) in [5.41, 5.74) is 8.42. The van der Waals surface area contributed by atoms with Gasteiger partial charge in [-0.1, -0.05) is 6.07 Å². The van der Waals surface area contributed by atoms with E-state index in [0.29, 0.717) is 13.0 Å². The molecule has 1 aliphatic heterocycles. The van der Waals surface area contributed by atoms with Gasteiger partial charge in [0.2, 0.25) is 5.91 Å². The Hall–Kier alpha value is -2.24. The number of amides is 2. The van der Waals surface area contributed by atoms with Crippen molar-refractivity contribution in [1.82, 2.24) is 10.2 Å². The van der Waals surface area contributed by atoms with Gasteiger partial charge in [0.15, 0.2) is 0 Å².